The van der Waals surface area contributed by atoms with Gasteiger partial charge in [0, 0.05) is 11.7 Å². The fourth-order valence-electron chi connectivity index (χ4n) is 1.56. The van der Waals surface area contributed by atoms with Gasteiger partial charge in [0.05, 0.1) is 10.5 Å². The van der Waals surface area contributed by atoms with Gasteiger partial charge in [-0.3, -0.25) is 0 Å². The van der Waals surface area contributed by atoms with Crippen LogP contribution in [-0.4, -0.2) is 32.6 Å². The lowest BCUT2D eigenvalue weighted by atomic mass is 10.2. The minimum absolute atomic E-state index is 0.0294. The number of carboxylic acid groups (broad SMARTS) is 1. The maximum absolute atomic E-state index is 11.6. The number of hydrogen-bond acceptors (Lipinski definition) is 4. The summed E-state index contributed by atoms with van der Waals surface area (Å²) < 4.78 is 25.3. The minimum atomic E-state index is -3.62. The zero-order chi connectivity index (χ0) is 13.3. The Morgan fingerprint density at radius 2 is 2.06 bits per heavy atom. The molecule has 7 heteroatoms. The molecule has 0 saturated heterocycles. The second-order valence-corrected chi connectivity index (χ2v) is 6.03. The van der Waals surface area contributed by atoms with Gasteiger partial charge >= 0.3 is 5.97 Å². The summed E-state index contributed by atoms with van der Waals surface area (Å²) in [5.41, 5.74) is 0.429. The maximum Gasteiger partial charge on any atom is 0.337 e. The van der Waals surface area contributed by atoms with Gasteiger partial charge < -0.3 is 10.4 Å². The number of sulfonamides is 1. The van der Waals surface area contributed by atoms with Crippen molar-refractivity contribution in [1.29, 1.82) is 0 Å². The number of benzene rings is 1. The molecule has 0 heterocycles. The molecule has 1 aliphatic rings. The van der Waals surface area contributed by atoms with Crippen LogP contribution in [0.3, 0.4) is 0 Å². The molecule has 98 valence electrons. The minimum Gasteiger partial charge on any atom is -0.478 e. The SMILES string of the molecule is CNS(=O)(=O)c1ccc(NC2CC2)c(C(=O)O)c1. The van der Waals surface area contributed by atoms with Crippen molar-refractivity contribution in [2.75, 3.05) is 12.4 Å². The average Bonchev–Trinajstić information content (AvgIpc) is 3.13. The van der Waals surface area contributed by atoms with E-state index in [1.165, 1.54) is 25.2 Å². The molecule has 6 nitrogen and oxygen atoms in total. The van der Waals surface area contributed by atoms with Gasteiger partial charge in [0.25, 0.3) is 0 Å². The third-order valence-corrected chi connectivity index (χ3v) is 4.15. The maximum atomic E-state index is 11.6. The summed E-state index contributed by atoms with van der Waals surface area (Å²) in [6.07, 6.45) is 2.02. The Labute approximate surface area is 105 Å². The number of carbonyl (C=O) groups is 1. The van der Waals surface area contributed by atoms with Crippen molar-refractivity contribution >= 4 is 21.7 Å². The monoisotopic (exact) mass is 270 g/mol. The Hall–Kier alpha value is -1.60. The number of aromatic carboxylic acids is 1. The van der Waals surface area contributed by atoms with Crippen molar-refractivity contribution < 1.29 is 18.3 Å². The zero-order valence-electron chi connectivity index (χ0n) is 9.80. The summed E-state index contributed by atoms with van der Waals surface area (Å²) in [6.45, 7) is 0. The standard InChI is InChI=1S/C11H14N2O4S/c1-12-18(16,17)8-4-5-10(13-7-2-3-7)9(6-8)11(14)15/h4-7,12-13H,2-3H2,1H3,(H,14,15). The molecular weight excluding hydrogens is 256 g/mol. The molecule has 0 aliphatic heterocycles. The second kappa shape index (κ2) is 4.58. The Kier molecular flexibility index (Phi) is 3.27. The number of nitrogens with one attached hydrogen (secondary N) is 2. The largest absolute Gasteiger partial charge is 0.478 e. The molecule has 18 heavy (non-hydrogen) atoms. The summed E-state index contributed by atoms with van der Waals surface area (Å²) in [6, 6.07) is 4.35. The number of anilines is 1. The molecule has 0 amide bonds. The average molecular weight is 270 g/mol. The van der Waals surface area contributed by atoms with E-state index in [0.29, 0.717) is 11.7 Å². The van der Waals surface area contributed by atoms with E-state index in [4.69, 9.17) is 5.11 Å². The Balaban J connectivity index is 2.42. The van der Waals surface area contributed by atoms with Crippen LogP contribution in [0.4, 0.5) is 5.69 Å². The van der Waals surface area contributed by atoms with Crippen LogP contribution in [0.1, 0.15) is 23.2 Å². The molecule has 1 aromatic rings. The summed E-state index contributed by atoms with van der Waals surface area (Å²) in [5.74, 6) is -1.15. The van der Waals surface area contributed by atoms with Crippen molar-refractivity contribution in [3.63, 3.8) is 0 Å². The smallest absolute Gasteiger partial charge is 0.337 e. The van der Waals surface area contributed by atoms with Crippen molar-refractivity contribution in [2.24, 2.45) is 0 Å². The van der Waals surface area contributed by atoms with E-state index in [0.717, 1.165) is 12.8 Å². The molecule has 0 spiro atoms. The molecule has 0 unspecified atom stereocenters. The molecule has 1 saturated carbocycles. The lowest BCUT2D eigenvalue weighted by Crippen LogP contribution is -2.19. The van der Waals surface area contributed by atoms with Crippen molar-refractivity contribution in [1.82, 2.24) is 4.72 Å². The van der Waals surface area contributed by atoms with Crippen molar-refractivity contribution in [2.45, 2.75) is 23.8 Å². The van der Waals surface area contributed by atoms with Crippen LogP contribution in [0.25, 0.3) is 0 Å². The van der Waals surface area contributed by atoms with Gasteiger partial charge in [-0.15, -0.1) is 0 Å². The first-order valence-corrected chi connectivity index (χ1v) is 7.00. The molecule has 1 aliphatic carbocycles. The zero-order valence-corrected chi connectivity index (χ0v) is 10.6. The fourth-order valence-corrected chi connectivity index (χ4v) is 2.31. The normalized spacial score (nSPS) is 15.4. The molecule has 0 aromatic heterocycles. The van der Waals surface area contributed by atoms with Crippen LogP contribution in [0.5, 0.6) is 0 Å². The lowest BCUT2D eigenvalue weighted by Gasteiger charge is -2.10. The van der Waals surface area contributed by atoms with Crippen molar-refractivity contribution in [3.05, 3.63) is 23.8 Å². The molecule has 0 bridgehead atoms. The fraction of sp³-hybridized carbons (Fsp3) is 0.364. The molecule has 0 radical (unpaired) electrons. The third kappa shape index (κ3) is 2.62. The van der Waals surface area contributed by atoms with Crippen LogP contribution in [0, 0.1) is 0 Å². The van der Waals surface area contributed by atoms with Crippen LogP contribution in [0.15, 0.2) is 23.1 Å². The highest BCUT2D eigenvalue weighted by Crippen LogP contribution is 2.28. The van der Waals surface area contributed by atoms with E-state index in [-0.39, 0.29) is 10.5 Å². The van der Waals surface area contributed by atoms with E-state index in [2.05, 4.69) is 10.0 Å². The summed E-state index contributed by atoms with van der Waals surface area (Å²) in [4.78, 5) is 11.1. The van der Waals surface area contributed by atoms with Crippen LogP contribution in [0.2, 0.25) is 0 Å². The van der Waals surface area contributed by atoms with Gasteiger partial charge in [-0.2, -0.15) is 0 Å². The predicted molar refractivity (Wildman–Crippen MR) is 66.3 cm³/mol. The third-order valence-electron chi connectivity index (χ3n) is 2.74. The van der Waals surface area contributed by atoms with Gasteiger partial charge in [0.1, 0.15) is 0 Å². The van der Waals surface area contributed by atoms with Crippen LogP contribution >= 0.6 is 0 Å². The van der Waals surface area contributed by atoms with E-state index in [1.54, 1.807) is 0 Å². The first kappa shape index (κ1) is 12.8. The molecule has 1 fully saturated rings. The topological polar surface area (TPSA) is 95.5 Å². The van der Waals surface area contributed by atoms with Gasteiger partial charge in [0.15, 0.2) is 0 Å². The van der Waals surface area contributed by atoms with Crippen LogP contribution < -0.4 is 10.0 Å². The quantitative estimate of drug-likeness (QED) is 0.737. The van der Waals surface area contributed by atoms with Gasteiger partial charge in [-0.1, -0.05) is 0 Å². The molecular formula is C11H14N2O4S. The second-order valence-electron chi connectivity index (χ2n) is 4.14. The predicted octanol–water partition coefficient (Wildman–Crippen LogP) is 0.867. The summed E-state index contributed by atoms with van der Waals surface area (Å²) in [5, 5.41) is 12.2. The highest BCUT2D eigenvalue weighted by Gasteiger charge is 2.24. The van der Waals surface area contributed by atoms with Crippen LogP contribution in [-0.2, 0) is 10.0 Å². The van der Waals surface area contributed by atoms with Gasteiger partial charge in [0.2, 0.25) is 10.0 Å². The Morgan fingerprint density at radius 1 is 1.39 bits per heavy atom. The number of rotatable bonds is 5. The highest BCUT2D eigenvalue weighted by atomic mass is 32.2. The highest BCUT2D eigenvalue weighted by molar-refractivity contribution is 7.89. The molecule has 3 N–H and O–H groups in total. The van der Waals surface area contributed by atoms with E-state index in [9.17, 15) is 13.2 Å². The summed E-state index contributed by atoms with van der Waals surface area (Å²) >= 11 is 0. The van der Waals surface area contributed by atoms with Gasteiger partial charge in [-0.25, -0.2) is 17.9 Å². The summed E-state index contributed by atoms with van der Waals surface area (Å²) in [7, 11) is -2.34. The van der Waals surface area contributed by atoms with E-state index < -0.39 is 16.0 Å². The van der Waals surface area contributed by atoms with E-state index in [1.807, 2.05) is 0 Å². The molecule has 1 aromatic carbocycles. The van der Waals surface area contributed by atoms with Crippen molar-refractivity contribution in [3.8, 4) is 0 Å². The molecule has 0 atom stereocenters. The molecule has 2 rings (SSSR count). The number of hydrogen-bond donors (Lipinski definition) is 3. The number of carboxylic acids is 1. The lowest BCUT2D eigenvalue weighted by molar-refractivity contribution is 0.0697. The Morgan fingerprint density at radius 3 is 2.56 bits per heavy atom. The first-order valence-electron chi connectivity index (χ1n) is 5.51. The van der Waals surface area contributed by atoms with E-state index >= 15 is 0 Å². The Bertz CT molecular complexity index is 579. The first-order chi connectivity index (χ1) is 8.44. The van der Waals surface area contributed by atoms with Gasteiger partial charge in [-0.05, 0) is 38.1 Å².